The Morgan fingerprint density at radius 2 is 1.90 bits per heavy atom. The number of amidine groups is 1. The summed E-state index contributed by atoms with van der Waals surface area (Å²) in [5, 5.41) is 13.2. The number of fused-ring (bicyclic) bond motifs is 2. The summed E-state index contributed by atoms with van der Waals surface area (Å²) >= 11 is 0. The minimum absolute atomic E-state index is 0.0564. The highest BCUT2D eigenvalue weighted by atomic mass is 19.4. The zero-order chi connectivity index (χ0) is 30.0. The van der Waals surface area contributed by atoms with Gasteiger partial charge in [0.05, 0.1) is 17.4 Å². The van der Waals surface area contributed by atoms with Gasteiger partial charge >= 0.3 is 12.1 Å². The van der Waals surface area contributed by atoms with E-state index in [2.05, 4.69) is 71.9 Å². The Kier molecular flexibility index (Phi) is 9.08. The molecular formula is C32H45F3N6O. The highest BCUT2D eigenvalue weighted by molar-refractivity contribution is 6.01. The van der Waals surface area contributed by atoms with Crippen LogP contribution in [0.25, 0.3) is 0 Å². The van der Waals surface area contributed by atoms with Crippen molar-refractivity contribution in [3.05, 3.63) is 59.4 Å². The molecule has 3 aliphatic heterocycles. The van der Waals surface area contributed by atoms with Crippen molar-refractivity contribution in [2.45, 2.75) is 103 Å². The molecule has 2 aliphatic carbocycles. The van der Waals surface area contributed by atoms with Crippen LogP contribution >= 0.6 is 0 Å². The Balaban J connectivity index is 1.27. The molecule has 0 bridgehead atoms. The number of carbonyl (C=O) groups excluding carboxylic acids is 1. The van der Waals surface area contributed by atoms with Crippen LogP contribution in [0.1, 0.15) is 78.6 Å². The lowest BCUT2D eigenvalue weighted by Crippen LogP contribution is -2.42. The molecule has 0 aromatic heterocycles. The van der Waals surface area contributed by atoms with Gasteiger partial charge in [0.1, 0.15) is 11.9 Å². The topological polar surface area (TPSA) is 80.8 Å². The van der Waals surface area contributed by atoms with Crippen molar-refractivity contribution in [2.24, 2.45) is 22.7 Å². The van der Waals surface area contributed by atoms with Crippen LogP contribution in [0.3, 0.4) is 0 Å². The molecule has 10 heteroatoms. The number of carbonyl (C=O) groups is 1. The first-order valence-electron chi connectivity index (χ1n) is 15.5. The number of hydrogen-bond acceptors (Lipinski definition) is 5. The number of hydrogen-bond donors (Lipinski definition) is 4. The minimum atomic E-state index is -4.83. The van der Waals surface area contributed by atoms with E-state index in [1.54, 1.807) is 0 Å². The highest BCUT2D eigenvalue weighted by Gasteiger charge is 2.42. The minimum Gasteiger partial charge on any atom is -0.376 e. The molecule has 7 nitrogen and oxygen atoms in total. The van der Waals surface area contributed by atoms with E-state index in [4.69, 9.17) is 4.99 Å². The molecule has 3 unspecified atom stereocenters. The van der Waals surface area contributed by atoms with Crippen molar-refractivity contribution >= 4 is 11.7 Å². The van der Waals surface area contributed by atoms with Gasteiger partial charge in [-0.1, -0.05) is 23.3 Å². The molecule has 0 aromatic rings. The SMILES string of the molecule is C=C(C)CCC1=CCCC2C=C(C3=C4C(=NC(C)C)NC=CN4C(CC4CCC(CNC(=O)C(F)(F)F)CC4)N3)NC12. The summed E-state index contributed by atoms with van der Waals surface area (Å²) in [5.74, 6) is -0.00412. The van der Waals surface area contributed by atoms with Crippen LogP contribution in [-0.4, -0.2) is 47.6 Å². The Bertz CT molecular complexity index is 1200. The summed E-state index contributed by atoms with van der Waals surface area (Å²) in [5.41, 5.74) is 5.95. The van der Waals surface area contributed by atoms with Crippen LogP contribution in [0.15, 0.2) is 64.4 Å². The predicted octanol–water partition coefficient (Wildman–Crippen LogP) is 5.73. The van der Waals surface area contributed by atoms with Crippen molar-refractivity contribution < 1.29 is 18.0 Å². The van der Waals surface area contributed by atoms with Crippen molar-refractivity contribution in [1.82, 2.24) is 26.2 Å². The second kappa shape index (κ2) is 12.6. The maximum atomic E-state index is 12.6. The van der Waals surface area contributed by atoms with Gasteiger partial charge in [-0.25, -0.2) is 0 Å². The van der Waals surface area contributed by atoms with Crippen LogP contribution < -0.4 is 21.3 Å². The monoisotopic (exact) mass is 586 g/mol. The summed E-state index contributed by atoms with van der Waals surface area (Å²) < 4.78 is 37.7. The van der Waals surface area contributed by atoms with E-state index in [9.17, 15) is 18.0 Å². The van der Waals surface area contributed by atoms with Gasteiger partial charge < -0.3 is 26.2 Å². The number of amides is 1. The molecule has 0 aromatic carbocycles. The molecule has 5 aliphatic rings. The second-order valence-electron chi connectivity index (χ2n) is 12.8. The third-order valence-electron chi connectivity index (χ3n) is 9.08. The molecule has 1 amide bonds. The van der Waals surface area contributed by atoms with Crippen LogP contribution in [0, 0.1) is 17.8 Å². The van der Waals surface area contributed by atoms with Gasteiger partial charge in [0.25, 0.3) is 0 Å². The standard InChI is InChI=1S/C32H45F3N6O/c1-19(2)8-13-23-6-5-7-24-17-25(39-27(23)24)28-29-30(38-20(3)4)36-14-15-41(29)26(40-28)16-21-9-11-22(12-10-21)18-37-31(42)32(33,34)35/h6,14-15,17,20-22,24,26-27,39-40H,1,5,7-13,16,18H2,2-4H3,(H,36,38)(H,37,42). The number of nitrogens with zero attached hydrogens (tertiary/aromatic N) is 2. The molecule has 4 N–H and O–H groups in total. The maximum absolute atomic E-state index is 12.6. The fourth-order valence-corrected chi connectivity index (χ4v) is 6.94. The molecule has 1 fully saturated rings. The van der Waals surface area contributed by atoms with Crippen LogP contribution in [0.5, 0.6) is 0 Å². The van der Waals surface area contributed by atoms with Crippen LogP contribution in [0.2, 0.25) is 0 Å². The zero-order valence-electron chi connectivity index (χ0n) is 25.0. The molecule has 0 radical (unpaired) electrons. The Morgan fingerprint density at radius 1 is 1.17 bits per heavy atom. The average Bonchev–Trinajstić information content (AvgIpc) is 3.53. The number of alkyl halides is 3. The summed E-state index contributed by atoms with van der Waals surface area (Å²) in [4.78, 5) is 18.5. The smallest absolute Gasteiger partial charge is 0.376 e. The number of allylic oxidation sites excluding steroid dienone is 2. The summed E-state index contributed by atoms with van der Waals surface area (Å²) in [6.07, 6.45) is 12.7. The van der Waals surface area contributed by atoms with E-state index in [0.717, 1.165) is 80.7 Å². The Morgan fingerprint density at radius 3 is 2.60 bits per heavy atom. The molecular weight excluding hydrogens is 541 g/mol. The molecule has 0 spiro atoms. The molecule has 42 heavy (non-hydrogen) atoms. The van der Waals surface area contributed by atoms with Gasteiger partial charge in [-0.15, -0.1) is 6.58 Å². The number of rotatable bonds is 9. The van der Waals surface area contributed by atoms with Crippen LogP contribution in [-0.2, 0) is 4.79 Å². The molecule has 3 heterocycles. The van der Waals surface area contributed by atoms with Crippen molar-refractivity contribution in [3.63, 3.8) is 0 Å². The van der Waals surface area contributed by atoms with Gasteiger partial charge in [0.15, 0.2) is 5.84 Å². The molecule has 3 atom stereocenters. The Labute approximate surface area is 247 Å². The average molecular weight is 587 g/mol. The van der Waals surface area contributed by atoms with Gasteiger partial charge in [-0.2, -0.15) is 13.2 Å². The first kappa shape index (κ1) is 30.3. The first-order chi connectivity index (χ1) is 20.0. The fraction of sp³-hybridized carbons (Fsp3) is 0.625. The quantitative estimate of drug-likeness (QED) is 0.260. The summed E-state index contributed by atoms with van der Waals surface area (Å²) in [7, 11) is 0. The van der Waals surface area contributed by atoms with E-state index >= 15 is 0 Å². The van der Waals surface area contributed by atoms with Crippen molar-refractivity contribution in [3.8, 4) is 0 Å². The van der Waals surface area contributed by atoms with Gasteiger partial charge in [-0.3, -0.25) is 9.79 Å². The van der Waals surface area contributed by atoms with E-state index < -0.39 is 12.1 Å². The summed E-state index contributed by atoms with van der Waals surface area (Å²) in [6.45, 7) is 10.4. The summed E-state index contributed by atoms with van der Waals surface area (Å²) in [6, 6.07) is 0.438. The number of aliphatic imine (C=N–C) groups is 1. The number of nitrogens with one attached hydrogen (secondary N) is 4. The molecule has 1 saturated carbocycles. The lowest BCUT2D eigenvalue weighted by Gasteiger charge is -2.34. The van der Waals surface area contributed by atoms with E-state index in [-0.39, 0.29) is 24.7 Å². The highest BCUT2D eigenvalue weighted by Crippen LogP contribution is 2.40. The molecule has 5 rings (SSSR count). The van der Waals surface area contributed by atoms with Crippen molar-refractivity contribution in [1.29, 1.82) is 0 Å². The lowest BCUT2D eigenvalue weighted by atomic mass is 9.80. The third kappa shape index (κ3) is 6.89. The number of halogens is 3. The lowest BCUT2D eigenvalue weighted by molar-refractivity contribution is -0.173. The van der Waals surface area contributed by atoms with E-state index in [1.165, 1.54) is 11.1 Å². The maximum Gasteiger partial charge on any atom is 0.471 e. The zero-order valence-corrected chi connectivity index (χ0v) is 25.0. The van der Waals surface area contributed by atoms with Gasteiger partial charge in [0.2, 0.25) is 0 Å². The van der Waals surface area contributed by atoms with E-state index in [1.807, 2.05) is 6.20 Å². The normalized spacial score (nSPS) is 29.8. The molecule has 0 saturated heterocycles. The second-order valence-corrected chi connectivity index (χ2v) is 12.8. The van der Waals surface area contributed by atoms with Crippen molar-refractivity contribution in [2.75, 3.05) is 6.54 Å². The van der Waals surface area contributed by atoms with Gasteiger partial charge in [0, 0.05) is 30.9 Å². The molecule has 230 valence electrons. The van der Waals surface area contributed by atoms with Crippen LogP contribution in [0.4, 0.5) is 13.2 Å². The predicted molar refractivity (Wildman–Crippen MR) is 160 cm³/mol. The third-order valence-corrected chi connectivity index (χ3v) is 9.08. The Hall–Kier alpha value is -3.17. The largest absolute Gasteiger partial charge is 0.471 e. The first-order valence-corrected chi connectivity index (χ1v) is 15.5. The fourth-order valence-electron chi connectivity index (χ4n) is 6.94. The van der Waals surface area contributed by atoms with Gasteiger partial charge in [-0.05, 0) is 90.4 Å². The van der Waals surface area contributed by atoms with E-state index in [0.29, 0.717) is 17.9 Å².